The fraction of sp³-hybridized carbons (Fsp3) is 0.333. The van der Waals surface area contributed by atoms with E-state index in [1.165, 1.54) is 0 Å². The van der Waals surface area contributed by atoms with Gasteiger partial charge >= 0.3 is 0 Å². The average Bonchev–Trinajstić information content (AvgIpc) is 2.88. The zero-order valence-corrected chi connectivity index (χ0v) is 10.7. The fourth-order valence-electron chi connectivity index (χ4n) is 1.46. The maximum atomic E-state index is 11.7. The van der Waals surface area contributed by atoms with Gasteiger partial charge in [-0.1, -0.05) is 13.8 Å². The number of carbonyl (C=O) groups is 1. The molecule has 0 unspecified atom stereocenters. The first kappa shape index (κ1) is 11.9. The summed E-state index contributed by atoms with van der Waals surface area (Å²) >= 11 is 1.59. The van der Waals surface area contributed by atoms with E-state index >= 15 is 0 Å². The first-order valence-electron chi connectivity index (χ1n) is 5.51. The van der Waals surface area contributed by atoms with Crippen LogP contribution in [0.15, 0.2) is 22.9 Å². The molecule has 90 valence electrons. The quantitative estimate of drug-likeness (QED) is 0.875. The molecular weight excluding hydrogens is 234 g/mol. The summed E-state index contributed by atoms with van der Waals surface area (Å²) in [6, 6.07) is 3.82. The number of carbonyl (C=O) groups excluding carboxylic acids is 1. The van der Waals surface area contributed by atoms with Crippen LogP contribution in [-0.2, 0) is 11.2 Å². The Kier molecular flexibility index (Phi) is 3.58. The van der Waals surface area contributed by atoms with Crippen LogP contribution in [0, 0.1) is 0 Å². The Morgan fingerprint density at radius 2 is 2.41 bits per heavy atom. The Hall–Kier alpha value is -1.62. The summed E-state index contributed by atoms with van der Waals surface area (Å²) < 4.78 is 0. The Labute approximate surface area is 104 Å². The smallest absolute Gasteiger partial charge is 0.230 e. The number of amides is 1. The van der Waals surface area contributed by atoms with E-state index in [1.807, 2.05) is 22.9 Å². The van der Waals surface area contributed by atoms with Crippen LogP contribution >= 0.6 is 11.3 Å². The van der Waals surface area contributed by atoms with Crippen molar-refractivity contribution in [3.8, 4) is 0 Å². The van der Waals surface area contributed by atoms with Crippen molar-refractivity contribution in [3.63, 3.8) is 0 Å². The number of nitrogens with zero attached hydrogens (tertiary/aromatic N) is 1. The normalized spacial score (nSPS) is 10.8. The molecule has 2 aromatic rings. The minimum absolute atomic E-state index is 0.0368. The lowest BCUT2D eigenvalue weighted by molar-refractivity contribution is -0.115. The lowest BCUT2D eigenvalue weighted by Gasteiger charge is -1.99. The number of thiophene rings is 1. The number of aromatic amines is 1. The van der Waals surface area contributed by atoms with Gasteiger partial charge in [0.15, 0.2) is 5.82 Å². The van der Waals surface area contributed by atoms with Gasteiger partial charge < -0.3 is 5.32 Å². The Balaban J connectivity index is 1.93. The van der Waals surface area contributed by atoms with Gasteiger partial charge in [0.1, 0.15) is 0 Å². The number of anilines is 1. The third-order valence-corrected chi connectivity index (χ3v) is 3.16. The molecular formula is C12H15N3OS. The second-order valence-corrected chi connectivity index (χ2v) is 5.00. The van der Waals surface area contributed by atoms with Gasteiger partial charge in [0, 0.05) is 11.8 Å². The van der Waals surface area contributed by atoms with Crippen molar-refractivity contribution in [3.05, 3.63) is 34.2 Å². The average molecular weight is 249 g/mol. The lowest BCUT2D eigenvalue weighted by atomic mass is 10.1. The fourth-order valence-corrected chi connectivity index (χ4v) is 2.13. The molecule has 0 aromatic carbocycles. The molecule has 0 aliphatic heterocycles. The van der Waals surface area contributed by atoms with E-state index in [-0.39, 0.29) is 5.91 Å². The molecule has 0 saturated carbocycles. The molecule has 2 aromatic heterocycles. The summed E-state index contributed by atoms with van der Waals surface area (Å²) in [5, 5.41) is 13.7. The zero-order chi connectivity index (χ0) is 12.3. The Morgan fingerprint density at radius 3 is 3.00 bits per heavy atom. The molecule has 2 N–H and O–H groups in total. The van der Waals surface area contributed by atoms with Crippen molar-refractivity contribution in [1.82, 2.24) is 10.2 Å². The van der Waals surface area contributed by atoms with Crippen molar-refractivity contribution in [1.29, 1.82) is 0 Å². The van der Waals surface area contributed by atoms with E-state index < -0.39 is 0 Å². The number of aromatic nitrogens is 2. The van der Waals surface area contributed by atoms with Crippen LogP contribution < -0.4 is 5.32 Å². The number of hydrogen-bond acceptors (Lipinski definition) is 3. The van der Waals surface area contributed by atoms with Crippen molar-refractivity contribution in [2.45, 2.75) is 26.2 Å². The zero-order valence-electron chi connectivity index (χ0n) is 9.86. The molecule has 2 heterocycles. The standard InChI is InChI=1S/C12H15N3OS/c1-8(2)10-6-11(15-14-10)13-12(16)5-9-3-4-17-7-9/h3-4,6-8H,5H2,1-2H3,(H2,13,14,15,16). The molecule has 5 heteroatoms. The van der Waals surface area contributed by atoms with E-state index in [0.29, 0.717) is 18.2 Å². The molecule has 2 rings (SSSR count). The SMILES string of the molecule is CC(C)c1cc(NC(=O)Cc2ccsc2)n[nH]1. The summed E-state index contributed by atoms with van der Waals surface area (Å²) in [7, 11) is 0. The molecule has 0 saturated heterocycles. The lowest BCUT2D eigenvalue weighted by Crippen LogP contribution is -2.14. The maximum absolute atomic E-state index is 11.7. The molecule has 0 spiro atoms. The maximum Gasteiger partial charge on any atom is 0.230 e. The van der Waals surface area contributed by atoms with Crippen LogP contribution in [0.5, 0.6) is 0 Å². The van der Waals surface area contributed by atoms with E-state index in [1.54, 1.807) is 11.3 Å². The first-order valence-corrected chi connectivity index (χ1v) is 6.45. The highest BCUT2D eigenvalue weighted by molar-refractivity contribution is 7.08. The monoisotopic (exact) mass is 249 g/mol. The molecule has 4 nitrogen and oxygen atoms in total. The minimum Gasteiger partial charge on any atom is -0.309 e. The van der Waals surface area contributed by atoms with Gasteiger partial charge in [-0.2, -0.15) is 16.4 Å². The van der Waals surface area contributed by atoms with E-state index in [9.17, 15) is 4.79 Å². The van der Waals surface area contributed by atoms with Gasteiger partial charge in [-0.05, 0) is 28.3 Å². The summed E-state index contributed by atoms with van der Waals surface area (Å²) in [4.78, 5) is 11.7. The molecule has 0 aliphatic rings. The second-order valence-electron chi connectivity index (χ2n) is 4.22. The van der Waals surface area contributed by atoms with Gasteiger partial charge in [-0.3, -0.25) is 9.89 Å². The van der Waals surface area contributed by atoms with Gasteiger partial charge in [-0.25, -0.2) is 0 Å². The van der Waals surface area contributed by atoms with Gasteiger partial charge in [0.05, 0.1) is 6.42 Å². The van der Waals surface area contributed by atoms with E-state index in [0.717, 1.165) is 11.3 Å². The van der Waals surface area contributed by atoms with Gasteiger partial charge in [-0.15, -0.1) is 0 Å². The van der Waals surface area contributed by atoms with Gasteiger partial charge in [0.25, 0.3) is 0 Å². The second kappa shape index (κ2) is 5.14. The molecule has 17 heavy (non-hydrogen) atoms. The van der Waals surface area contributed by atoms with Crippen LogP contribution in [0.2, 0.25) is 0 Å². The molecule has 0 atom stereocenters. The van der Waals surface area contributed by atoms with Crippen LogP contribution in [0.4, 0.5) is 5.82 Å². The highest BCUT2D eigenvalue weighted by Gasteiger charge is 2.08. The third-order valence-electron chi connectivity index (χ3n) is 2.43. The Bertz CT molecular complexity index is 488. The van der Waals surface area contributed by atoms with E-state index in [4.69, 9.17) is 0 Å². The van der Waals surface area contributed by atoms with Crippen molar-refractivity contribution in [2.24, 2.45) is 0 Å². The summed E-state index contributed by atoms with van der Waals surface area (Å²) in [6.07, 6.45) is 0.396. The number of nitrogens with one attached hydrogen (secondary N) is 2. The number of H-pyrrole nitrogens is 1. The number of rotatable bonds is 4. The summed E-state index contributed by atoms with van der Waals surface area (Å²) in [5.74, 6) is 0.934. The highest BCUT2D eigenvalue weighted by atomic mass is 32.1. The summed E-state index contributed by atoms with van der Waals surface area (Å²) in [5.41, 5.74) is 2.06. The minimum atomic E-state index is -0.0368. The topological polar surface area (TPSA) is 57.8 Å². The molecule has 0 radical (unpaired) electrons. The first-order chi connectivity index (χ1) is 8.15. The van der Waals surface area contributed by atoms with Crippen LogP contribution in [-0.4, -0.2) is 16.1 Å². The largest absolute Gasteiger partial charge is 0.309 e. The predicted molar refractivity (Wildman–Crippen MR) is 69.3 cm³/mol. The van der Waals surface area contributed by atoms with Crippen LogP contribution in [0.25, 0.3) is 0 Å². The van der Waals surface area contributed by atoms with Crippen molar-refractivity contribution in [2.75, 3.05) is 5.32 Å². The van der Waals surface area contributed by atoms with Crippen molar-refractivity contribution < 1.29 is 4.79 Å². The van der Waals surface area contributed by atoms with Crippen molar-refractivity contribution >= 4 is 23.1 Å². The highest BCUT2D eigenvalue weighted by Crippen LogP contribution is 2.15. The molecule has 0 fully saturated rings. The third kappa shape index (κ3) is 3.17. The van der Waals surface area contributed by atoms with Crippen LogP contribution in [0.1, 0.15) is 31.0 Å². The van der Waals surface area contributed by atoms with Crippen LogP contribution in [0.3, 0.4) is 0 Å². The molecule has 0 bridgehead atoms. The molecule has 0 aliphatic carbocycles. The molecule has 1 amide bonds. The summed E-state index contributed by atoms with van der Waals surface area (Å²) in [6.45, 7) is 4.15. The van der Waals surface area contributed by atoms with E-state index in [2.05, 4.69) is 29.4 Å². The number of hydrogen-bond donors (Lipinski definition) is 2. The van der Waals surface area contributed by atoms with Gasteiger partial charge in [0.2, 0.25) is 5.91 Å². The predicted octanol–water partition coefficient (Wildman–Crippen LogP) is 2.78. The Morgan fingerprint density at radius 1 is 1.59 bits per heavy atom.